The van der Waals surface area contributed by atoms with E-state index in [-0.39, 0.29) is 24.7 Å². The average Bonchev–Trinajstić information content (AvgIpc) is 2.22. The second-order valence-electron chi connectivity index (χ2n) is 3.90. The highest BCUT2D eigenvalue weighted by molar-refractivity contribution is 5.82. The Balaban J connectivity index is 2.67. The van der Waals surface area contributed by atoms with Crippen molar-refractivity contribution in [2.24, 2.45) is 0 Å². The molecule has 0 spiro atoms. The third-order valence-electron chi connectivity index (χ3n) is 2.38. The van der Waals surface area contributed by atoms with Crippen LogP contribution in [-0.2, 0) is 16.0 Å². The number of carboxylic acid groups (broad SMARTS) is 1. The van der Waals surface area contributed by atoms with Crippen LogP contribution in [0.1, 0.15) is 11.1 Å². The van der Waals surface area contributed by atoms with E-state index >= 15 is 0 Å². The molecule has 0 heterocycles. The van der Waals surface area contributed by atoms with E-state index in [0.717, 1.165) is 4.90 Å². The highest BCUT2D eigenvalue weighted by Gasteiger charge is 2.13. The highest BCUT2D eigenvalue weighted by Crippen LogP contribution is 2.10. The summed E-state index contributed by atoms with van der Waals surface area (Å²) in [6.07, 6.45) is 0.0743. The zero-order valence-electron chi connectivity index (χ0n) is 9.74. The smallest absolute Gasteiger partial charge is 0.323 e. The topological polar surface area (TPSA) is 57.6 Å². The number of aliphatic carboxylic acids is 1. The Morgan fingerprint density at radius 3 is 2.59 bits per heavy atom. The van der Waals surface area contributed by atoms with E-state index in [0.29, 0.717) is 11.1 Å². The predicted octanol–water partition coefficient (Wildman–Crippen LogP) is 1.22. The number of nitrogens with zero attached hydrogens (tertiary/aromatic N) is 1. The standard InChI is InChI=1S/C12H14FNO3/c1-8-5-9(3-4-10(8)13)6-11(15)14(2)7-12(16)17/h3-5H,6-7H2,1-2H3,(H,16,17). The van der Waals surface area contributed by atoms with Gasteiger partial charge in [-0.25, -0.2) is 4.39 Å². The van der Waals surface area contributed by atoms with Gasteiger partial charge in [0.05, 0.1) is 6.42 Å². The van der Waals surface area contributed by atoms with Crippen LogP contribution in [0.15, 0.2) is 18.2 Å². The summed E-state index contributed by atoms with van der Waals surface area (Å²) in [6.45, 7) is 1.28. The Morgan fingerprint density at radius 1 is 1.41 bits per heavy atom. The normalized spacial score (nSPS) is 10.1. The number of aryl methyl sites for hydroxylation is 1. The number of hydrogen-bond acceptors (Lipinski definition) is 2. The van der Waals surface area contributed by atoms with Gasteiger partial charge in [0.15, 0.2) is 0 Å². The van der Waals surface area contributed by atoms with Crippen LogP contribution in [0.2, 0.25) is 0 Å². The van der Waals surface area contributed by atoms with Crippen molar-refractivity contribution < 1.29 is 19.1 Å². The molecule has 0 aliphatic rings. The summed E-state index contributed by atoms with van der Waals surface area (Å²) in [4.78, 5) is 23.2. The van der Waals surface area contributed by atoms with Crippen LogP contribution < -0.4 is 0 Å². The molecule has 0 bridgehead atoms. The lowest BCUT2D eigenvalue weighted by atomic mass is 10.1. The molecule has 0 aliphatic heterocycles. The van der Waals surface area contributed by atoms with Gasteiger partial charge in [0.2, 0.25) is 5.91 Å². The van der Waals surface area contributed by atoms with Gasteiger partial charge in [-0.15, -0.1) is 0 Å². The van der Waals surface area contributed by atoms with Gasteiger partial charge >= 0.3 is 5.97 Å². The Morgan fingerprint density at radius 2 is 2.06 bits per heavy atom. The molecule has 17 heavy (non-hydrogen) atoms. The molecule has 0 saturated carbocycles. The van der Waals surface area contributed by atoms with Crippen LogP contribution >= 0.6 is 0 Å². The van der Waals surface area contributed by atoms with Gasteiger partial charge in [-0.1, -0.05) is 12.1 Å². The van der Waals surface area contributed by atoms with Gasteiger partial charge in [-0.2, -0.15) is 0 Å². The first-order valence-electron chi connectivity index (χ1n) is 5.11. The van der Waals surface area contributed by atoms with E-state index in [2.05, 4.69) is 0 Å². The van der Waals surface area contributed by atoms with Crippen molar-refractivity contribution in [3.05, 3.63) is 35.1 Å². The number of carbonyl (C=O) groups is 2. The van der Waals surface area contributed by atoms with Crippen LogP contribution in [0.5, 0.6) is 0 Å². The maximum Gasteiger partial charge on any atom is 0.323 e. The average molecular weight is 239 g/mol. The second kappa shape index (κ2) is 5.43. The van der Waals surface area contributed by atoms with E-state index in [9.17, 15) is 14.0 Å². The predicted molar refractivity (Wildman–Crippen MR) is 60.1 cm³/mol. The molecular weight excluding hydrogens is 225 g/mol. The van der Waals surface area contributed by atoms with Crippen LogP contribution in [0.4, 0.5) is 4.39 Å². The molecule has 1 N–H and O–H groups in total. The molecule has 92 valence electrons. The molecule has 4 nitrogen and oxygen atoms in total. The van der Waals surface area contributed by atoms with Crippen molar-refractivity contribution in [1.29, 1.82) is 0 Å². The minimum absolute atomic E-state index is 0.0743. The number of carboxylic acids is 1. The molecule has 0 fully saturated rings. The maximum atomic E-state index is 13.0. The second-order valence-corrected chi connectivity index (χ2v) is 3.90. The lowest BCUT2D eigenvalue weighted by molar-refractivity contribution is -0.143. The van der Waals surface area contributed by atoms with E-state index in [1.165, 1.54) is 19.2 Å². The van der Waals surface area contributed by atoms with E-state index in [1.54, 1.807) is 13.0 Å². The molecule has 0 saturated heterocycles. The van der Waals surface area contributed by atoms with E-state index in [1.807, 2.05) is 0 Å². The van der Waals surface area contributed by atoms with Crippen molar-refractivity contribution in [1.82, 2.24) is 4.90 Å². The van der Waals surface area contributed by atoms with Crippen LogP contribution in [-0.4, -0.2) is 35.5 Å². The van der Waals surface area contributed by atoms with Crippen LogP contribution in [0, 0.1) is 12.7 Å². The molecule has 0 aromatic heterocycles. The van der Waals surface area contributed by atoms with Gasteiger partial charge in [0, 0.05) is 7.05 Å². The lowest BCUT2D eigenvalue weighted by Crippen LogP contribution is -2.33. The fourth-order valence-electron chi connectivity index (χ4n) is 1.42. The fourth-order valence-corrected chi connectivity index (χ4v) is 1.42. The zero-order valence-corrected chi connectivity index (χ0v) is 9.74. The Bertz CT molecular complexity index is 445. The molecule has 0 unspecified atom stereocenters. The third kappa shape index (κ3) is 3.86. The molecular formula is C12H14FNO3. The Labute approximate surface area is 98.7 Å². The summed E-state index contributed by atoms with van der Waals surface area (Å²) in [5.41, 5.74) is 1.14. The van der Waals surface area contributed by atoms with Crippen molar-refractivity contribution in [3.8, 4) is 0 Å². The first-order chi connectivity index (χ1) is 7.90. The molecule has 0 aliphatic carbocycles. The monoisotopic (exact) mass is 239 g/mol. The molecule has 1 aromatic carbocycles. The Kier molecular flexibility index (Phi) is 4.20. The van der Waals surface area contributed by atoms with E-state index < -0.39 is 5.97 Å². The lowest BCUT2D eigenvalue weighted by Gasteiger charge is -2.14. The summed E-state index contributed by atoms with van der Waals surface area (Å²) >= 11 is 0. The SMILES string of the molecule is Cc1cc(CC(=O)N(C)CC(=O)O)ccc1F. The molecule has 0 radical (unpaired) electrons. The number of benzene rings is 1. The molecule has 0 atom stereocenters. The van der Waals surface area contributed by atoms with E-state index in [4.69, 9.17) is 5.11 Å². The fraction of sp³-hybridized carbons (Fsp3) is 0.333. The summed E-state index contributed by atoms with van der Waals surface area (Å²) in [5.74, 6) is -1.69. The van der Waals surface area contributed by atoms with Gasteiger partial charge < -0.3 is 10.0 Å². The quantitative estimate of drug-likeness (QED) is 0.859. The van der Waals surface area contributed by atoms with Crippen molar-refractivity contribution in [2.45, 2.75) is 13.3 Å². The maximum absolute atomic E-state index is 13.0. The Hall–Kier alpha value is -1.91. The van der Waals surface area contributed by atoms with Crippen LogP contribution in [0.25, 0.3) is 0 Å². The highest BCUT2D eigenvalue weighted by atomic mass is 19.1. The van der Waals surface area contributed by atoms with Gasteiger partial charge in [0.25, 0.3) is 0 Å². The summed E-state index contributed by atoms with van der Waals surface area (Å²) in [6, 6.07) is 4.41. The number of likely N-dealkylation sites (N-methyl/N-ethyl adjacent to an activating group) is 1. The molecule has 1 amide bonds. The molecule has 1 rings (SSSR count). The number of rotatable bonds is 4. The minimum Gasteiger partial charge on any atom is -0.480 e. The summed E-state index contributed by atoms with van der Waals surface area (Å²) in [7, 11) is 1.42. The summed E-state index contributed by atoms with van der Waals surface area (Å²) in [5, 5.41) is 8.54. The first kappa shape index (κ1) is 13.2. The number of carbonyl (C=O) groups excluding carboxylic acids is 1. The minimum atomic E-state index is -1.06. The summed E-state index contributed by atoms with van der Waals surface area (Å²) < 4.78 is 13.0. The molecule has 1 aromatic rings. The van der Waals surface area contributed by atoms with Gasteiger partial charge in [-0.3, -0.25) is 9.59 Å². The van der Waals surface area contributed by atoms with Crippen molar-refractivity contribution in [2.75, 3.05) is 13.6 Å². The number of halogens is 1. The first-order valence-corrected chi connectivity index (χ1v) is 5.11. The number of hydrogen-bond donors (Lipinski definition) is 1. The van der Waals surface area contributed by atoms with Crippen molar-refractivity contribution >= 4 is 11.9 Å². The van der Waals surface area contributed by atoms with Crippen LogP contribution in [0.3, 0.4) is 0 Å². The van der Waals surface area contributed by atoms with Crippen molar-refractivity contribution in [3.63, 3.8) is 0 Å². The van der Waals surface area contributed by atoms with Gasteiger partial charge in [-0.05, 0) is 24.1 Å². The largest absolute Gasteiger partial charge is 0.480 e. The zero-order chi connectivity index (χ0) is 13.0. The molecule has 5 heteroatoms. The number of amides is 1. The van der Waals surface area contributed by atoms with Gasteiger partial charge in [0.1, 0.15) is 12.4 Å². The third-order valence-corrected chi connectivity index (χ3v) is 2.38.